The Morgan fingerprint density at radius 2 is 2.22 bits per heavy atom. The van der Waals surface area contributed by atoms with Crippen molar-refractivity contribution >= 4 is 11.9 Å². The zero-order valence-corrected chi connectivity index (χ0v) is 11.0. The lowest BCUT2D eigenvalue weighted by molar-refractivity contribution is -0.143. The minimum absolute atomic E-state index is 0.0140. The summed E-state index contributed by atoms with van der Waals surface area (Å²) in [5.41, 5.74) is 0. The highest BCUT2D eigenvalue weighted by molar-refractivity contribution is 5.84. The number of amides is 1. The number of ether oxygens (including phenoxy) is 1. The van der Waals surface area contributed by atoms with E-state index in [2.05, 4.69) is 5.32 Å². The number of rotatable bonds is 7. The van der Waals surface area contributed by atoms with Crippen LogP contribution < -0.4 is 5.32 Å². The number of nitrogens with zero attached hydrogens (tertiary/aromatic N) is 1. The van der Waals surface area contributed by atoms with Crippen LogP contribution in [-0.2, 0) is 14.3 Å². The second-order valence-electron chi connectivity index (χ2n) is 5.02. The molecule has 5 heteroatoms. The van der Waals surface area contributed by atoms with Crippen LogP contribution in [0.2, 0.25) is 0 Å². The highest BCUT2D eigenvalue weighted by Crippen LogP contribution is 2.22. The predicted molar refractivity (Wildman–Crippen MR) is 67.0 cm³/mol. The third-order valence-electron chi connectivity index (χ3n) is 3.43. The molecule has 1 heterocycles. The molecule has 0 aromatic rings. The van der Waals surface area contributed by atoms with Crippen molar-refractivity contribution in [2.75, 3.05) is 19.7 Å². The molecule has 1 aliphatic heterocycles. The third kappa shape index (κ3) is 3.70. The molecule has 0 aromatic heterocycles. The van der Waals surface area contributed by atoms with Crippen LogP contribution in [0.3, 0.4) is 0 Å². The van der Waals surface area contributed by atoms with Crippen molar-refractivity contribution in [1.82, 2.24) is 10.2 Å². The van der Waals surface area contributed by atoms with Crippen LogP contribution >= 0.6 is 0 Å². The van der Waals surface area contributed by atoms with Crippen molar-refractivity contribution in [1.29, 1.82) is 0 Å². The SMILES string of the molecule is CCOC(=O)CCCN1CCC(NC2CC2)C1=O. The maximum atomic E-state index is 12.0. The van der Waals surface area contributed by atoms with Crippen molar-refractivity contribution < 1.29 is 14.3 Å². The van der Waals surface area contributed by atoms with Crippen LogP contribution in [0.15, 0.2) is 0 Å². The standard InChI is InChI=1S/C13H22N2O3/c1-2-18-12(16)4-3-8-15-9-7-11(13(15)17)14-10-5-6-10/h10-11,14H,2-9H2,1H3. The van der Waals surface area contributed by atoms with Crippen LogP contribution in [0.5, 0.6) is 0 Å². The summed E-state index contributed by atoms with van der Waals surface area (Å²) in [4.78, 5) is 25.1. The van der Waals surface area contributed by atoms with E-state index in [0.29, 0.717) is 32.0 Å². The van der Waals surface area contributed by atoms with Gasteiger partial charge in [-0.25, -0.2) is 0 Å². The van der Waals surface area contributed by atoms with Crippen molar-refractivity contribution in [3.63, 3.8) is 0 Å². The Hall–Kier alpha value is -1.10. The number of hydrogen-bond acceptors (Lipinski definition) is 4. The van der Waals surface area contributed by atoms with Gasteiger partial charge in [-0.05, 0) is 32.6 Å². The lowest BCUT2D eigenvalue weighted by atomic mass is 10.2. The fourth-order valence-electron chi connectivity index (χ4n) is 2.30. The van der Waals surface area contributed by atoms with Crippen LogP contribution in [-0.4, -0.2) is 48.6 Å². The minimum Gasteiger partial charge on any atom is -0.466 e. The lowest BCUT2D eigenvalue weighted by Crippen LogP contribution is -2.39. The maximum absolute atomic E-state index is 12.0. The van der Waals surface area contributed by atoms with Gasteiger partial charge in [0.15, 0.2) is 0 Å². The van der Waals surface area contributed by atoms with Gasteiger partial charge in [0.05, 0.1) is 12.6 Å². The van der Waals surface area contributed by atoms with Gasteiger partial charge in [-0.15, -0.1) is 0 Å². The molecule has 1 N–H and O–H groups in total. The smallest absolute Gasteiger partial charge is 0.305 e. The van der Waals surface area contributed by atoms with Gasteiger partial charge in [-0.2, -0.15) is 0 Å². The quantitative estimate of drug-likeness (QED) is 0.679. The third-order valence-corrected chi connectivity index (χ3v) is 3.43. The number of carbonyl (C=O) groups excluding carboxylic acids is 2. The molecule has 0 spiro atoms. The Morgan fingerprint density at radius 3 is 2.89 bits per heavy atom. The molecule has 0 aromatic carbocycles. The van der Waals surface area contributed by atoms with Gasteiger partial charge >= 0.3 is 5.97 Å². The predicted octanol–water partition coefficient (Wildman–Crippen LogP) is 0.683. The molecule has 2 rings (SSSR count). The van der Waals surface area contributed by atoms with E-state index in [1.165, 1.54) is 12.8 Å². The first-order valence-electron chi connectivity index (χ1n) is 6.91. The first-order chi connectivity index (χ1) is 8.70. The first-order valence-corrected chi connectivity index (χ1v) is 6.91. The lowest BCUT2D eigenvalue weighted by Gasteiger charge is -2.16. The topological polar surface area (TPSA) is 58.6 Å². The second kappa shape index (κ2) is 6.18. The van der Waals surface area contributed by atoms with E-state index in [4.69, 9.17) is 4.74 Å². The Balaban J connectivity index is 1.64. The zero-order chi connectivity index (χ0) is 13.0. The Labute approximate surface area is 108 Å². The number of esters is 1. The van der Waals surface area contributed by atoms with E-state index < -0.39 is 0 Å². The van der Waals surface area contributed by atoms with Gasteiger partial charge in [0.1, 0.15) is 0 Å². The van der Waals surface area contributed by atoms with Gasteiger partial charge in [0, 0.05) is 25.6 Å². The average molecular weight is 254 g/mol. The second-order valence-corrected chi connectivity index (χ2v) is 5.02. The molecule has 2 aliphatic rings. The molecule has 1 amide bonds. The van der Waals surface area contributed by atoms with E-state index in [0.717, 1.165) is 13.0 Å². The van der Waals surface area contributed by atoms with Gasteiger partial charge in [0.2, 0.25) is 5.91 Å². The monoisotopic (exact) mass is 254 g/mol. The van der Waals surface area contributed by atoms with Gasteiger partial charge in [0.25, 0.3) is 0 Å². The van der Waals surface area contributed by atoms with E-state index in [1.54, 1.807) is 6.92 Å². The molecule has 18 heavy (non-hydrogen) atoms. The van der Waals surface area contributed by atoms with Crippen molar-refractivity contribution in [2.45, 2.75) is 51.1 Å². The van der Waals surface area contributed by atoms with E-state index in [-0.39, 0.29) is 17.9 Å². The van der Waals surface area contributed by atoms with Crippen LogP contribution in [0.25, 0.3) is 0 Å². The molecule has 0 radical (unpaired) electrons. The van der Waals surface area contributed by atoms with Crippen molar-refractivity contribution in [3.8, 4) is 0 Å². The Kier molecular flexibility index (Phi) is 4.58. The van der Waals surface area contributed by atoms with Gasteiger partial charge in [-0.3, -0.25) is 9.59 Å². The maximum Gasteiger partial charge on any atom is 0.305 e. The first kappa shape index (κ1) is 13.3. The summed E-state index contributed by atoms with van der Waals surface area (Å²) < 4.78 is 4.86. The molecule has 1 atom stereocenters. The molecule has 102 valence electrons. The van der Waals surface area contributed by atoms with Crippen LogP contribution in [0.4, 0.5) is 0 Å². The molecular formula is C13H22N2O3. The number of likely N-dealkylation sites (tertiary alicyclic amines) is 1. The molecule has 2 fully saturated rings. The highest BCUT2D eigenvalue weighted by Gasteiger charge is 2.35. The molecule has 1 saturated carbocycles. The molecule has 1 aliphatic carbocycles. The normalized spacial score (nSPS) is 23.5. The summed E-state index contributed by atoms with van der Waals surface area (Å²) in [6.45, 7) is 3.71. The van der Waals surface area contributed by atoms with E-state index in [1.807, 2.05) is 4.90 Å². The zero-order valence-electron chi connectivity index (χ0n) is 11.0. The summed E-state index contributed by atoms with van der Waals surface area (Å²) in [6, 6.07) is 0.582. The number of hydrogen-bond donors (Lipinski definition) is 1. The summed E-state index contributed by atoms with van der Waals surface area (Å²) in [6.07, 6.45) is 4.40. The van der Waals surface area contributed by atoms with E-state index >= 15 is 0 Å². The molecule has 1 saturated heterocycles. The molecule has 1 unspecified atom stereocenters. The van der Waals surface area contributed by atoms with Crippen molar-refractivity contribution in [2.24, 2.45) is 0 Å². The molecule has 0 bridgehead atoms. The minimum atomic E-state index is -0.170. The van der Waals surface area contributed by atoms with Gasteiger partial charge < -0.3 is 15.0 Å². The largest absolute Gasteiger partial charge is 0.466 e. The van der Waals surface area contributed by atoms with Crippen LogP contribution in [0.1, 0.15) is 39.0 Å². The Bertz CT molecular complexity index is 315. The summed E-state index contributed by atoms with van der Waals surface area (Å²) in [5, 5.41) is 3.37. The summed E-state index contributed by atoms with van der Waals surface area (Å²) in [5.74, 6) is 0.0301. The fourth-order valence-corrected chi connectivity index (χ4v) is 2.30. The summed E-state index contributed by atoms with van der Waals surface area (Å²) >= 11 is 0. The number of carbonyl (C=O) groups is 2. The molecule has 5 nitrogen and oxygen atoms in total. The highest BCUT2D eigenvalue weighted by atomic mass is 16.5. The Morgan fingerprint density at radius 1 is 1.44 bits per heavy atom. The summed E-state index contributed by atoms with van der Waals surface area (Å²) in [7, 11) is 0. The molecular weight excluding hydrogens is 232 g/mol. The van der Waals surface area contributed by atoms with Crippen LogP contribution in [0, 0.1) is 0 Å². The van der Waals surface area contributed by atoms with Crippen molar-refractivity contribution in [3.05, 3.63) is 0 Å². The van der Waals surface area contributed by atoms with E-state index in [9.17, 15) is 9.59 Å². The fraction of sp³-hybridized carbons (Fsp3) is 0.846. The number of nitrogens with one attached hydrogen (secondary N) is 1. The van der Waals surface area contributed by atoms with Gasteiger partial charge in [-0.1, -0.05) is 0 Å². The average Bonchev–Trinajstić information content (AvgIpc) is 3.09.